The van der Waals surface area contributed by atoms with Gasteiger partial charge in [0.25, 0.3) is 0 Å². The first kappa shape index (κ1) is 43.2. The molecule has 5 heterocycles. The second kappa shape index (κ2) is 15.2. The molecule has 10 aromatic carbocycles. The van der Waals surface area contributed by atoms with Crippen LogP contribution in [0.15, 0.2) is 236 Å². The summed E-state index contributed by atoms with van der Waals surface area (Å²) < 4.78 is 6.94. The van der Waals surface area contributed by atoms with Crippen molar-refractivity contribution >= 4 is 95.2 Å². The van der Waals surface area contributed by atoms with Gasteiger partial charge in [0.1, 0.15) is 11.2 Å². The van der Waals surface area contributed by atoms with E-state index in [4.69, 9.17) is 4.42 Å². The fraction of sp³-hybridized carbons (Fsp3) is 0.130. The molecule has 0 bridgehead atoms. The fourth-order valence-electron chi connectivity index (χ4n) is 14.2. The van der Waals surface area contributed by atoms with Gasteiger partial charge < -0.3 is 19.0 Å². The zero-order valence-corrected chi connectivity index (χ0v) is 43.7. The minimum Gasteiger partial charge on any atom is -0.456 e. The Hall–Kier alpha value is -8.19. The average Bonchev–Trinajstić information content (AvgIpc) is 4.02. The summed E-state index contributed by atoms with van der Waals surface area (Å²) in [5.74, 6) is 0. The molecule has 1 aromatic heterocycles. The van der Waals surface area contributed by atoms with Crippen LogP contribution in [0.5, 0.6) is 0 Å². The predicted molar refractivity (Wildman–Crippen MR) is 315 cm³/mol. The van der Waals surface area contributed by atoms with Gasteiger partial charge >= 0.3 is 6.85 Å². The summed E-state index contributed by atoms with van der Waals surface area (Å²) in [5, 5.41) is 2.28. The highest BCUT2D eigenvalue weighted by molar-refractivity contribution is 8.34. The molecular weight excluding hydrogens is 930 g/mol. The molecule has 5 aliphatic rings. The van der Waals surface area contributed by atoms with Crippen LogP contribution in [0.2, 0.25) is 0 Å². The number of hydrogen-bond acceptors (Lipinski definition) is 4. The monoisotopic (exact) mass is 983 g/mol. The van der Waals surface area contributed by atoms with Crippen LogP contribution in [0.3, 0.4) is 0 Å². The lowest BCUT2D eigenvalue weighted by Gasteiger charge is -2.54. The van der Waals surface area contributed by atoms with E-state index < -0.39 is 10.0 Å². The number of aryl methyl sites for hydroxylation is 1. The van der Waals surface area contributed by atoms with Gasteiger partial charge in [-0.15, -0.1) is 10.0 Å². The van der Waals surface area contributed by atoms with Crippen molar-refractivity contribution in [1.29, 1.82) is 0 Å². The summed E-state index contributed by atoms with van der Waals surface area (Å²) in [6, 6.07) is 80.7. The summed E-state index contributed by atoms with van der Waals surface area (Å²) >= 11 is 0. The van der Waals surface area contributed by atoms with E-state index in [1.807, 2.05) is 0 Å². The van der Waals surface area contributed by atoms with Crippen LogP contribution in [-0.2, 0) is 10.8 Å². The summed E-state index contributed by atoms with van der Waals surface area (Å²) in [6.07, 6.45) is 2.29. The van der Waals surface area contributed by atoms with Gasteiger partial charge in [0, 0.05) is 81.8 Å². The van der Waals surface area contributed by atoms with Crippen molar-refractivity contribution in [2.24, 2.45) is 0 Å². The maximum absolute atomic E-state index is 6.94. The molecule has 16 rings (SSSR count). The lowest BCUT2D eigenvalue weighted by atomic mass is 9.43. The minimum atomic E-state index is -1.97. The highest BCUT2D eigenvalue weighted by Gasteiger charge is 2.54. The first-order valence-electron chi connectivity index (χ1n) is 26.6. The van der Waals surface area contributed by atoms with Crippen molar-refractivity contribution < 1.29 is 4.42 Å². The van der Waals surface area contributed by atoms with Gasteiger partial charge in [-0.25, -0.2) is 0 Å². The molecule has 75 heavy (non-hydrogen) atoms. The minimum absolute atomic E-state index is 0.00153. The maximum atomic E-state index is 6.94. The van der Waals surface area contributed by atoms with Crippen LogP contribution >= 0.6 is 10.0 Å². The first-order valence-corrected chi connectivity index (χ1v) is 28.3. The van der Waals surface area contributed by atoms with Crippen molar-refractivity contribution in [3.8, 4) is 22.3 Å². The molecule has 0 fully saturated rings. The quantitative estimate of drug-likeness (QED) is 0.164. The number of anilines is 8. The van der Waals surface area contributed by atoms with E-state index in [2.05, 4.69) is 262 Å². The van der Waals surface area contributed by atoms with Crippen LogP contribution in [0.4, 0.5) is 45.5 Å². The molecule has 0 saturated heterocycles. The van der Waals surface area contributed by atoms with Gasteiger partial charge in [-0.1, -0.05) is 155 Å². The summed E-state index contributed by atoms with van der Waals surface area (Å²) in [4.78, 5) is 13.5. The van der Waals surface area contributed by atoms with Crippen molar-refractivity contribution in [1.82, 2.24) is 0 Å². The first-order chi connectivity index (χ1) is 36.6. The second-order valence-electron chi connectivity index (χ2n) is 22.7. The van der Waals surface area contributed by atoms with Crippen LogP contribution in [0, 0.1) is 6.92 Å². The van der Waals surface area contributed by atoms with Crippen LogP contribution in [0.1, 0.15) is 57.2 Å². The van der Waals surface area contributed by atoms with Crippen molar-refractivity contribution in [2.75, 3.05) is 14.6 Å². The summed E-state index contributed by atoms with van der Waals surface area (Å²) in [5.41, 5.74) is 23.2. The molecule has 1 aliphatic carbocycles. The number of benzene rings is 10. The topological polar surface area (TPSA) is 22.9 Å². The zero-order valence-electron chi connectivity index (χ0n) is 42.9. The normalized spacial score (nSPS) is 16.6. The van der Waals surface area contributed by atoms with Gasteiger partial charge in [-0.05, 0) is 154 Å². The third kappa shape index (κ3) is 5.70. The molecule has 360 valence electrons. The lowest BCUT2D eigenvalue weighted by molar-refractivity contribution is 0.332. The molecule has 4 nitrogen and oxygen atoms in total. The average molecular weight is 984 g/mol. The third-order valence-electron chi connectivity index (χ3n) is 17.7. The van der Waals surface area contributed by atoms with Crippen molar-refractivity contribution in [2.45, 2.75) is 77.9 Å². The fourth-order valence-corrected chi connectivity index (χ4v) is 18.7. The Balaban J connectivity index is 1.08. The Labute approximate surface area is 440 Å². The summed E-state index contributed by atoms with van der Waals surface area (Å²) in [6.45, 7) is 11.9. The molecule has 1 spiro atoms. The molecule has 11 aromatic rings. The van der Waals surface area contributed by atoms with Gasteiger partial charge in [0.05, 0.1) is 5.69 Å². The number of fused-ring (bicyclic) bond motifs is 17. The molecule has 0 atom stereocenters. The molecule has 0 N–H and O–H groups in total. The van der Waals surface area contributed by atoms with Crippen LogP contribution < -0.4 is 25.5 Å². The van der Waals surface area contributed by atoms with E-state index in [0.717, 1.165) is 57.5 Å². The van der Waals surface area contributed by atoms with E-state index in [-0.39, 0.29) is 17.7 Å². The highest BCUT2D eigenvalue weighted by atomic mass is 32.3. The molecule has 0 unspecified atom stereocenters. The second-order valence-corrected chi connectivity index (χ2v) is 25.7. The summed E-state index contributed by atoms with van der Waals surface area (Å²) in [7, 11) is -1.97. The maximum Gasteiger partial charge on any atom is 0.333 e. The van der Waals surface area contributed by atoms with E-state index in [0.29, 0.717) is 0 Å². The molecule has 0 saturated carbocycles. The Bertz CT molecular complexity index is 4170. The standard InChI is InChI=1S/C69H54BN3OS/c1-43-37-53-54(69(4,5)36-35-68(53,2)3)41-57(43)72-58-42-61-51(47-25-12-16-30-60(47)74-61)40-55(58)70-66-52(38-46(39-59(66)72)71(44-21-8-6-9-22-44)45-23-10-7-11-24-45)50-28-20-34-65-67(50)73(70)56-29-15-19-33-64(56)75(65)62-31-17-13-26-48(62)49-27-14-18-32-63(49)75/h6-34,37-42H,35-36H2,1-5H3. The Morgan fingerprint density at radius 2 is 1.04 bits per heavy atom. The zero-order chi connectivity index (χ0) is 50.1. The van der Waals surface area contributed by atoms with Crippen LogP contribution in [0.25, 0.3) is 44.2 Å². The Morgan fingerprint density at radius 3 is 1.75 bits per heavy atom. The molecule has 0 radical (unpaired) electrons. The van der Waals surface area contributed by atoms with E-state index in [1.54, 1.807) is 0 Å². The van der Waals surface area contributed by atoms with Crippen molar-refractivity contribution in [3.05, 3.63) is 229 Å². The number of para-hydroxylation sites is 5. The van der Waals surface area contributed by atoms with Gasteiger partial charge in [-0.3, -0.25) is 0 Å². The predicted octanol–water partition coefficient (Wildman–Crippen LogP) is 18.1. The Morgan fingerprint density at radius 1 is 0.453 bits per heavy atom. The largest absolute Gasteiger partial charge is 0.456 e. The number of hydrogen-bond donors (Lipinski definition) is 0. The molecule has 6 heteroatoms. The SMILES string of the molecule is Cc1cc2c(cc1N1c3cc4oc5ccccc5c4cc3B3c4c(cc(N(c5ccccc5)c5ccccc5)cc41)-c1cccc4c1N3c1ccccc1S41c3ccccc3-c3ccccc31)C(C)(C)CCC2(C)C. The van der Waals surface area contributed by atoms with E-state index >= 15 is 0 Å². The molecule has 0 amide bonds. The van der Waals surface area contributed by atoms with E-state index in [9.17, 15) is 0 Å². The number of nitrogens with zero attached hydrogens (tertiary/aromatic N) is 3. The molecule has 4 aliphatic heterocycles. The van der Waals surface area contributed by atoms with Crippen molar-refractivity contribution in [3.63, 3.8) is 0 Å². The van der Waals surface area contributed by atoms with E-state index in [1.165, 1.54) is 92.2 Å². The highest BCUT2D eigenvalue weighted by Crippen LogP contribution is 2.85. The number of rotatable bonds is 4. The smallest absolute Gasteiger partial charge is 0.333 e. The number of furan rings is 1. The van der Waals surface area contributed by atoms with Crippen LogP contribution in [-0.4, -0.2) is 6.85 Å². The molecular formula is C69H54BN3OS. The third-order valence-corrected chi connectivity index (χ3v) is 21.7. The van der Waals surface area contributed by atoms with Gasteiger partial charge in [-0.2, -0.15) is 0 Å². The van der Waals surface area contributed by atoms with Gasteiger partial charge in [0.15, 0.2) is 0 Å². The Kier molecular flexibility index (Phi) is 8.77. The lowest BCUT2D eigenvalue weighted by Crippen LogP contribution is -2.62. The van der Waals surface area contributed by atoms with Gasteiger partial charge in [0.2, 0.25) is 0 Å².